The van der Waals surface area contributed by atoms with Crippen molar-refractivity contribution >= 4 is 17.6 Å². The Kier molecular flexibility index (Phi) is 4.22. The fourth-order valence-corrected chi connectivity index (χ4v) is 2.23. The van der Waals surface area contributed by atoms with Crippen LogP contribution in [0.2, 0.25) is 0 Å². The van der Waals surface area contributed by atoms with E-state index in [4.69, 9.17) is 9.47 Å². The Bertz CT molecular complexity index is 502. The van der Waals surface area contributed by atoms with Crippen LogP contribution in [-0.2, 0) is 14.3 Å². The summed E-state index contributed by atoms with van der Waals surface area (Å²) in [6.07, 6.45) is -0.673. The Morgan fingerprint density at radius 3 is 2.50 bits per heavy atom. The van der Waals surface area contributed by atoms with Gasteiger partial charge in [0.1, 0.15) is 5.75 Å². The second-order valence-corrected chi connectivity index (χ2v) is 4.49. The molecule has 0 radical (unpaired) electrons. The Labute approximate surface area is 116 Å². The number of benzene rings is 1. The van der Waals surface area contributed by atoms with Crippen LogP contribution in [0.4, 0.5) is 10.1 Å². The van der Waals surface area contributed by atoms with Crippen LogP contribution in [0, 0.1) is 5.92 Å². The van der Waals surface area contributed by atoms with Crippen LogP contribution < -0.4 is 9.64 Å². The van der Waals surface area contributed by atoms with E-state index in [0.29, 0.717) is 11.4 Å². The molecule has 1 aromatic carbocycles. The molecular weight excluding hydrogens is 265 g/mol. The van der Waals surface area contributed by atoms with Gasteiger partial charge in [0.25, 0.3) is 0 Å². The lowest BCUT2D eigenvalue weighted by Crippen LogP contribution is -2.63. The number of nitrogens with zero attached hydrogens (tertiary/aromatic N) is 1. The Morgan fingerprint density at radius 2 is 2.00 bits per heavy atom. The molecule has 1 saturated heterocycles. The number of hydrogen-bond donors (Lipinski definition) is 0. The molecule has 0 saturated carbocycles. The first-order chi connectivity index (χ1) is 9.58. The minimum atomic E-state index is -0.732. The number of ether oxygens (including phenoxy) is 2. The summed E-state index contributed by atoms with van der Waals surface area (Å²) < 4.78 is 22.6. The second-order valence-electron chi connectivity index (χ2n) is 4.49. The number of halogens is 1. The van der Waals surface area contributed by atoms with Crippen molar-refractivity contribution in [3.05, 3.63) is 24.3 Å². The lowest BCUT2D eigenvalue weighted by molar-refractivity contribution is -0.161. The fraction of sp³-hybridized carbons (Fsp3) is 0.429. The third-order valence-electron chi connectivity index (χ3n) is 3.21. The minimum absolute atomic E-state index is 0.0590. The molecule has 0 unspecified atom stereocenters. The molecule has 20 heavy (non-hydrogen) atoms. The molecule has 0 aliphatic carbocycles. The predicted molar refractivity (Wildman–Crippen MR) is 70.1 cm³/mol. The number of hydrogen-bond acceptors (Lipinski definition) is 4. The van der Waals surface area contributed by atoms with E-state index in [2.05, 4.69) is 0 Å². The van der Waals surface area contributed by atoms with Gasteiger partial charge in [-0.1, -0.05) is 0 Å². The Morgan fingerprint density at radius 1 is 1.35 bits per heavy atom. The third-order valence-corrected chi connectivity index (χ3v) is 3.21. The molecule has 1 fully saturated rings. The van der Waals surface area contributed by atoms with Gasteiger partial charge in [0.15, 0.2) is 6.23 Å². The molecule has 2 rings (SSSR count). The van der Waals surface area contributed by atoms with Gasteiger partial charge in [0, 0.05) is 12.6 Å². The highest BCUT2D eigenvalue weighted by atomic mass is 19.1. The first kappa shape index (κ1) is 14.3. The minimum Gasteiger partial charge on any atom is -0.497 e. The summed E-state index contributed by atoms with van der Waals surface area (Å²) in [4.78, 5) is 24.5. The molecule has 2 atom stereocenters. The van der Waals surface area contributed by atoms with Crippen molar-refractivity contribution in [1.82, 2.24) is 0 Å². The van der Waals surface area contributed by atoms with Crippen molar-refractivity contribution in [2.24, 2.45) is 5.92 Å². The maximum atomic E-state index is 12.4. The van der Waals surface area contributed by atoms with Crippen LogP contribution in [0.3, 0.4) is 0 Å². The zero-order valence-electron chi connectivity index (χ0n) is 11.3. The van der Waals surface area contributed by atoms with Crippen molar-refractivity contribution < 1.29 is 23.5 Å². The van der Waals surface area contributed by atoms with E-state index in [0.717, 1.165) is 0 Å². The van der Waals surface area contributed by atoms with E-state index in [1.165, 1.54) is 11.8 Å². The van der Waals surface area contributed by atoms with Crippen LogP contribution in [0.1, 0.15) is 13.3 Å². The van der Waals surface area contributed by atoms with Crippen molar-refractivity contribution in [3.8, 4) is 5.75 Å². The maximum Gasteiger partial charge on any atom is 0.304 e. The van der Waals surface area contributed by atoms with Crippen LogP contribution >= 0.6 is 0 Å². The van der Waals surface area contributed by atoms with E-state index in [9.17, 15) is 14.0 Å². The van der Waals surface area contributed by atoms with Gasteiger partial charge in [0.2, 0.25) is 5.91 Å². The molecule has 1 heterocycles. The van der Waals surface area contributed by atoms with Crippen LogP contribution in [0.25, 0.3) is 0 Å². The van der Waals surface area contributed by atoms with Crippen LogP contribution in [-0.4, -0.2) is 31.9 Å². The first-order valence-electron chi connectivity index (χ1n) is 6.28. The largest absolute Gasteiger partial charge is 0.497 e. The highest BCUT2D eigenvalue weighted by molar-refractivity contribution is 6.02. The monoisotopic (exact) mass is 281 g/mol. The van der Waals surface area contributed by atoms with E-state index in [1.807, 2.05) is 0 Å². The van der Waals surface area contributed by atoms with E-state index < -0.39 is 24.8 Å². The topological polar surface area (TPSA) is 55.8 Å². The smallest absolute Gasteiger partial charge is 0.304 e. The molecule has 108 valence electrons. The molecule has 0 bridgehead atoms. The summed E-state index contributed by atoms with van der Waals surface area (Å²) in [5.74, 6) is -0.680. The van der Waals surface area contributed by atoms with Crippen molar-refractivity contribution in [1.29, 1.82) is 0 Å². The lowest BCUT2D eigenvalue weighted by atomic mass is 9.91. The van der Waals surface area contributed by atoms with Gasteiger partial charge in [-0.15, -0.1) is 0 Å². The summed E-state index contributed by atoms with van der Waals surface area (Å²) in [5.41, 5.74) is 0.595. The van der Waals surface area contributed by atoms with Crippen LogP contribution in [0.15, 0.2) is 24.3 Å². The average molecular weight is 281 g/mol. The number of amides is 1. The van der Waals surface area contributed by atoms with E-state index >= 15 is 0 Å². The molecule has 1 aliphatic heterocycles. The summed E-state index contributed by atoms with van der Waals surface area (Å²) in [6, 6.07) is 6.80. The highest BCUT2D eigenvalue weighted by Gasteiger charge is 2.50. The van der Waals surface area contributed by atoms with Gasteiger partial charge in [-0.2, -0.15) is 0 Å². The van der Waals surface area contributed by atoms with Gasteiger partial charge in [0.05, 0.1) is 19.7 Å². The van der Waals surface area contributed by atoms with Gasteiger partial charge in [-0.3, -0.25) is 18.9 Å². The number of methoxy groups -OCH3 is 1. The number of carbonyl (C=O) groups excluding carboxylic acids is 2. The molecule has 1 aliphatic rings. The lowest BCUT2D eigenvalue weighted by Gasteiger charge is -2.45. The zero-order valence-corrected chi connectivity index (χ0v) is 11.3. The van der Waals surface area contributed by atoms with Gasteiger partial charge < -0.3 is 9.47 Å². The predicted octanol–water partition coefficient (Wildman–Crippen LogP) is 1.91. The Balaban J connectivity index is 2.19. The standard InChI is InChI=1S/C14H16FNO4/c1-9(17)20-14-12(7-8-15)13(18)16(14)10-3-5-11(19-2)6-4-10/h3-6,12,14H,7-8H2,1-2H3/t12-,14+/m0/s1. The second kappa shape index (κ2) is 5.90. The van der Waals surface area contributed by atoms with E-state index in [1.54, 1.807) is 31.4 Å². The van der Waals surface area contributed by atoms with Crippen LogP contribution in [0.5, 0.6) is 5.75 Å². The number of β-lactam (4-membered cyclic amide) rings is 1. The third kappa shape index (κ3) is 2.59. The number of anilines is 1. The molecule has 1 amide bonds. The summed E-state index contributed by atoms with van der Waals surface area (Å²) in [7, 11) is 1.54. The maximum absolute atomic E-state index is 12.4. The number of rotatable bonds is 5. The van der Waals surface area contributed by atoms with E-state index in [-0.39, 0.29) is 12.3 Å². The summed E-state index contributed by atoms with van der Waals surface area (Å²) in [6.45, 7) is 0.645. The molecule has 0 spiro atoms. The Hall–Kier alpha value is -2.11. The normalized spacial score (nSPS) is 21.4. The number of carbonyl (C=O) groups is 2. The molecule has 0 N–H and O–H groups in total. The molecule has 1 aromatic rings. The fourth-order valence-electron chi connectivity index (χ4n) is 2.23. The summed E-state index contributed by atoms with van der Waals surface area (Å²) in [5, 5.41) is 0. The van der Waals surface area contributed by atoms with Gasteiger partial charge >= 0.3 is 5.97 Å². The molecule has 6 heteroatoms. The first-order valence-corrected chi connectivity index (χ1v) is 6.28. The van der Waals surface area contributed by atoms with Gasteiger partial charge in [-0.05, 0) is 30.7 Å². The SMILES string of the molecule is COc1ccc(N2C(=O)[C@H](CCF)[C@H]2OC(C)=O)cc1. The average Bonchev–Trinajstić information content (AvgIpc) is 2.44. The molecule has 0 aromatic heterocycles. The molecule has 5 nitrogen and oxygen atoms in total. The quantitative estimate of drug-likeness (QED) is 0.611. The summed E-state index contributed by atoms with van der Waals surface area (Å²) >= 11 is 0. The highest BCUT2D eigenvalue weighted by Crippen LogP contribution is 2.36. The zero-order chi connectivity index (χ0) is 14.7. The van der Waals surface area contributed by atoms with Crippen molar-refractivity contribution in [2.75, 3.05) is 18.7 Å². The van der Waals surface area contributed by atoms with Crippen molar-refractivity contribution in [3.63, 3.8) is 0 Å². The number of esters is 1. The number of alkyl halides is 1. The van der Waals surface area contributed by atoms with Gasteiger partial charge in [-0.25, -0.2) is 0 Å². The molecular formula is C14H16FNO4. The van der Waals surface area contributed by atoms with Crippen molar-refractivity contribution in [2.45, 2.75) is 19.6 Å².